The van der Waals surface area contributed by atoms with Crippen LogP contribution in [0.4, 0.5) is 11.4 Å². The number of aromatic nitrogens is 2. The number of amides is 1. The summed E-state index contributed by atoms with van der Waals surface area (Å²) in [6.07, 6.45) is 6.63. The summed E-state index contributed by atoms with van der Waals surface area (Å²) in [5.74, 6) is -0.171. The summed E-state index contributed by atoms with van der Waals surface area (Å²) in [6, 6.07) is 13.3. The highest BCUT2D eigenvalue weighted by Crippen LogP contribution is 2.25. The molecule has 0 atom stereocenters. The third-order valence-electron chi connectivity index (χ3n) is 3.36. The molecule has 6 heteroatoms. The van der Waals surface area contributed by atoms with E-state index in [0.29, 0.717) is 12.1 Å². The van der Waals surface area contributed by atoms with Gasteiger partial charge >= 0.3 is 0 Å². The van der Waals surface area contributed by atoms with E-state index in [1.165, 1.54) is 0 Å². The van der Waals surface area contributed by atoms with Crippen LogP contribution in [-0.4, -0.2) is 15.9 Å². The second-order valence-corrected chi connectivity index (χ2v) is 5.96. The van der Waals surface area contributed by atoms with Crippen LogP contribution in [0.25, 0.3) is 0 Å². The Bertz CT molecular complexity index is 839. The van der Waals surface area contributed by atoms with Crippen molar-refractivity contribution in [3.05, 3.63) is 82.9 Å². The summed E-state index contributed by atoms with van der Waals surface area (Å²) in [5, 5.41) is 6.12. The van der Waals surface area contributed by atoms with Gasteiger partial charge in [0.2, 0.25) is 0 Å². The van der Waals surface area contributed by atoms with Gasteiger partial charge in [-0.1, -0.05) is 12.1 Å². The first kappa shape index (κ1) is 16.1. The summed E-state index contributed by atoms with van der Waals surface area (Å²) in [5.41, 5.74) is 3.15. The largest absolute Gasteiger partial charge is 0.353 e. The second-order valence-electron chi connectivity index (χ2n) is 5.11. The Kier molecular flexibility index (Phi) is 5.18. The smallest absolute Gasteiger partial charge is 0.253 e. The van der Waals surface area contributed by atoms with Crippen LogP contribution in [0, 0.1) is 0 Å². The van der Waals surface area contributed by atoms with Crippen molar-refractivity contribution < 1.29 is 4.79 Å². The number of benzene rings is 1. The zero-order valence-electron chi connectivity index (χ0n) is 12.7. The van der Waals surface area contributed by atoms with E-state index in [9.17, 15) is 4.79 Å². The van der Waals surface area contributed by atoms with Crippen molar-refractivity contribution in [2.45, 2.75) is 6.54 Å². The molecule has 120 valence electrons. The standard InChI is InChI=1S/C18H15BrN4O/c19-16-3-1-2-4-17(16)23-15-9-14(11-21-12-15)18(24)22-10-13-5-7-20-8-6-13/h1-9,11-12,23H,10H2,(H,22,24). The Hall–Kier alpha value is -2.73. The average molecular weight is 383 g/mol. The van der Waals surface area contributed by atoms with E-state index in [0.717, 1.165) is 21.4 Å². The van der Waals surface area contributed by atoms with E-state index in [1.54, 1.807) is 30.9 Å². The molecule has 1 amide bonds. The number of rotatable bonds is 5. The molecule has 0 fully saturated rings. The van der Waals surface area contributed by atoms with Crippen LogP contribution in [0.2, 0.25) is 0 Å². The van der Waals surface area contributed by atoms with Crippen molar-refractivity contribution in [1.29, 1.82) is 0 Å². The maximum absolute atomic E-state index is 12.3. The lowest BCUT2D eigenvalue weighted by Gasteiger charge is -2.10. The number of nitrogens with zero attached hydrogens (tertiary/aromatic N) is 2. The van der Waals surface area contributed by atoms with Crippen LogP contribution in [0.15, 0.2) is 71.7 Å². The first-order valence-electron chi connectivity index (χ1n) is 7.36. The first-order valence-corrected chi connectivity index (χ1v) is 8.15. The highest BCUT2D eigenvalue weighted by Gasteiger charge is 2.08. The molecule has 0 saturated heterocycles. The summed E-state index contributed by atoms with van der Waals surface area (Å²) in [6.45, 7) is 0.448. The molecular formula is C18H15BrN4O. The zero-order chi connectivity index (χ0) is 16.8. The lowest BCUT2D eigenvalue weighted by atomic mass is 10.2. The summed E-state index contributed by atoms with van der Waals surface area (Å²) in [4.78, 5) is 20.4. The molecular weight excluding hydrogens is 368 g/mol. The Morgan fingerprint density at radius 2 is 1.83 bits per heavy atom. The van der Waals surface area contributed by atoms with Crippen molar-refractivity contribution in [1.82, 2.24) is 15.3 Å². The van der Waals surface area contributed by atoms with Crippen LogP contribution >= 0.6 is 15.9 Å². The summed E-state index contributed by atoms with van der Waals surface area (Å²) < 4.78 is 0.942. The minimum absolute atomic E-state index is 0.171. The number of pyridine rings is 2. The molecule has 0 saturated carbocycles. The number of hydrogen-bond acceptors (Lipinski definition) is 4. The minimum Gasteiger partial charge on any atom is -0.353 e. The molecule has 2 N–H and O–H groups in total. The predicted molar refractivity (Wildman–Crippen MR) is 97.1 cm³/mol. The molecule has 24 heavy (non-hydrogen) atoms. The molecule has 0 unspecified atom stereocenters. The van der Waals surface area contributed by atoms with Crippen LogP contribution in [0.5, 0.6) is 0 Å². The molecule has 3 aromatic rings. The summed E-state index contributed by atoms with van der Waals surface area (Å²) >= 11 is 3.48. The predicted octanol–water partition coefficient (Wildman–Crippen LogP) is 3.91. The van der Waals surface area contributed by atoms with Crippen molar-refractivity contribution >= 4 is 33.2 Å². The number of anilines is 2. The van der Waals surface area contributed by atoms with Gasteiger partial charge in [0.25, 0.3) is 5.91 Å². The van der Waals surface area contributed by atoms with Gasteiger partial charge in [-0.05, 0) is 51.8 Å². The molecule has 0 spiro atoms. The highest BCUT2D eigenvalue weighted by atomic mass is 79.9. The molecule has 2 aromatic heterocycles. The maximum Gasteiger partial charge on any atom is 0.253 e. The number of para-hydroxylation sites is 1. The molecule has 1 aromatic carbocycles. The molecule has 2 heterocycles. The quantitative estimate of drug-likeness (QED) is 0.701. The van der Waals surface area contributed by atoms with Gasteiger partial charge in [0, 0.05) is 29.6 Å². The molecule has 0 aliphatic heterocycles. The summed E-state index contributed by atoms with van der Waals surface area (Å²) in [7, 11) is 0. The van der Waals surface area contributed by atoms with Gasteiger partial charge in [0.15, 0.2) is 0 Å². The van der Waals surface area contributed by atoms with Gasteiger partial charge in [0.05, 0.1) is 23.1 Å². The van der Waals surface area contributed by atoms with Crippen LogP contribution < -0.4 is 10.6 Å². The highest BCUT2D eigenvalue weighted by molar-refractivity contribution is 9.10. The van der Waals surface area contributed by atoms with Gasteiger partial charge in [0.1, 0.15) is 0 Å². The van der Waals surface area contributed by atoms with E-state index in [2.05, 4.69) is 36.5 Å². The van der Waals surface area contributed by atoms with Crippen molar-refractivity contribution in [3.8, 4) is 0 Å². The van der Waals surface area contributed by atoms with Gasteiger partial charge in [-0.15, -0.1) is 0 Å². The minimum atomic E-state index is -0.171. The maximum atomic E-state index is 12.3. The third-order valence-corrected chi connectivity index (χ3v) is 4.05. The number of carbonyl (C=O) groups excluding carboxylic acids is 1. The van der Waals surface area contributed by atoms with Crippen molar-refractivity contribution in [2.75, 3.05) is 5.32 Å². The van der Waals surface area contributed by atoms with Crippen molar-refractivity contribution in [3.63, 3.8) is 0 Å². The number of hydrogen-bond donors (Lipinski definition) is 2. The topological polar surface area (TPSA) is 66.9 Å². The van der Waals surface area contributed by atoms with Crippen molar-refractivity contribution in [2.24, 2.45) is 0 Å². The third kappa shape index (κ3) is 4.17. The van der Waals surface area contributed by atoms with E-state index in [-0.39, 0.29) is 5.91 Å². The van der Waals surface area contributed by atoms with E-state index in [1.807, 2.05) is 36.4 Å². The van der Waals surface area contributed by atoms with Crippen LogP contribution in [0.3, 0.4) is 0 Å². The van der Waals surface area contributed by atoms with E-state index >= 15 is 0 Å². The Morgan fingerprint density at radius 1 is 1.04 bits per heavy atom. The second kappa shape index (κ2) is 7.70. The van der Waals surface area contributed by atoms with Crippen LogP contribution in [-0.2, 0) is 6.54 Å². The van der Waals surface area contributed by atoms with E-state index in [4.69, 9.17) is 0 Å². The molecule has 0 aliphatic carbocycles. The Morgan fingerprint density at radius 3 is 2.62 bits per heavy atom. The number of nitrogens with one attached hydrogen (secondary N) is 2. The zero-order valence-corrected chi connectivity index (χ0v) is 14.3. The monoisotopic (exact) mass is 382 g/mol. The SMILES string of the molecule is O=C(NCc1ccncc1)c1cncc(Nc2ccccc2Br)c1. The molecule has 0 radical (unpaired) electrons. The fraction of sp³-hybridized carbons (Fsp3) is 0.0556. The van der Waals surface area contributed by atoms with Crippen LogP contribution in [0.1, 0.15) is 15.9 Å². The Labute approximate surface area is 148 Å². The van der Waals surface area contributed by atoms with Gasteiger partial charge in [-0.25, -0.2) is 0 Å². The molecule has 3 rings (SSSR count). The molecule has 0 bridgehead atoms. The lowest BCUT2D eigenvalue weighted by molar-refractivity contribution is 0.0950. The van der Waals surface area contributed by atoms with E-state index < -0.39 is 0 Å². The van der Waals surface area contributed by atoms with Gasteiger partial charge in [-0.2, -0.15) is 0 Å². The molecule has 0 aliphatic rings. The lowest BCUT2D eigenvalue weighted by Crippen LogP contribution is -2.23. The van der Waals surface area contributed by atoms with Gasteiger partial charge < -0.3 is 10.6 Å². The first-order chi connectivity index (χ1) is 11.7. The Balaban J connectivity index is 1.68. The number of carbonyl (C=O) groups is 1. The molecule has 5 nitrogen and oxygen atoms in total. The normalized spacial score (nSPS) is 10.2. The average Bonchev–Trinajstić information content (AvgIpc) is 2.63. The van der Waals surface area contributed by atoms with Gasteiger partial charge in [-0.3, -0.25) is 14.8 Å². The fourth-order valence-electron chi connectivity index (χ4n) is 2.14. The fourth-order valence-corrected chi connectivity index (χ4v) is 2.52. The number of halogens is 1.